The number of hydrogen-bond donors (Lipinski definition) is 0. The minimum absolute atomic E-state index is 0.348. The van der Waals surface area contributed by atoms with E-state index in [2.05, 4.69) is 0 Å². The lowest BCUT2D eigenvalue weighted by Crippen LogP contribution is -2.10. The summed E-state index contributed by atoms with van der Waals surface area (Å²) >= 11 is 0. The van der Waals surface area contributed by atoms with Crippen molar-refractivity contribution in [3.05, 3.63) is 35.9 Å². The van der Waals surface area contributed by atoms with Crippen LogP contribution in [-0.4, -0.2) is 31.6 Å². The van der Waals surface area contributed by atoms with Crippen molar-refractivity contribution in [3.8, 4) is 0 Å². The van der Waals surface area contributed by atoms with Crippen LogP contribution in [0.15, 0.2) is 35.9 Å². The molecule has 0 radical (unpaired) electrons. The number of allylic oxidation sites excluding steroid dienone is 1. The van der Waals surface area contributed by atoms with Crippen molar-refractivity contribution in [2.45, 2.75) is 13.3 Å². The molecule has 1 aliphatic rings. The second-order valence-corrected chi connectivity index (χ2v) is 3.53. The number of hydrogen-bond acceptors (Lipinski definition) is 4. The average Bonchev–Trinajstić information content (AvgIpc) is 2.71. The van der Waals surface area contributed by atoms with Gasteiger partial charge in [0.05, 0.1) is 18.4 Å². The molecule has 0 amide bonds. The quantitative estimate of drug-likeness (QED) is 0.538. The molecule has 1 heterocycles. The molecular formula is C12H17NO3. The Morgan fingerprint density at radius 1 is 1.62 bits per heavy atom. The zero-order valence-electron chi connectivity index (χ0n) is 9.90. The molecule has 88 valence electrons. The second-order valence-electron chi connectivity index (χ2n) is 3.53. The normalized spacial score (nSPS) is 17.4. The van der Waals surface area contributed by atoms with Crippen LogP contribution in [0.1, 0.15) is 13.3 Å². The Morgan fingerprint density at radius 2 is 2.38 bits per heavy atom. The third-order valence-electron chi connectivity index (χ3n) is 1.94. The molecule has 0 aromatic carbocycles. The number of nitrogens with zero attached hydrogens (tertiary/aromatic N) is 1. The van der Waals surface area contributed by atoms with Crippen LogP contribution in [0.2, 0.25) is 0 Å². The van der Waals surface area contributed by atoms with Crippen LogP contribution in [-0.2, 0) is 14.3 Å². The summed E-state index contributed by atoms with van der Waals surface area (Å²) in [6.45, 7) is 2.14. The van der Waals surface area contributed by atoms with E-state index in [0.29, 0.717) is 24.4 Å². The van der Waals surface area contributed by atoms with Crippen LogP contribution < -0.4 is 0 Å². The molecule has 1 rings (SSSR count). The molecule has 4 nitrogen and oxygen atoms in total. The van der Waals surface area contributed by atoms with Crippen LogP contribution in [0.5, 0.6) is 0 Å². The Balaban J connectivity index is 2.85. The third kappa shape index (κ3) is 3.46. The Hall–Kier alpha value is -1.71. The van der Waals surface area contributed by atoms with Gasteiger partial charge < -0.3 is 14.4 Å². The SMILES string of the molecule is CCOC(=O)C(/C=C/N(C)C)=C1/CC=CO1. The monoisotopic (exact) mass is 223 g/mol. The lowest BCUT2D eigenvalue weighted by atomic mass is 10.2. The first-order valence-corrected chi connectivity index (χ1v) is 5.21. The van der Waals surface area contributed by atoms with Crippen molar-refractivity contribution in [2.75, 3.05) is 20.7 Å². The fraction of sp³-hybridized carbons (Fsp3) is 0.417. The van der Waals surface area contributed by atoms with E-state index >= 15 is 0 Å². The molecule has 4 heteroatoms. The van der Waals surface area contributed by atoms with Crippen LogP contribution in [0.25, 0.3) is 0 Å². The zero-order valence-corrected chi connectivity index (χ0v) is 9.90. The summed E-state index contributed by atoms with van der Waals surface area (Å²) in [5.41, 5.74) is 0.473. The van der Waals surface area contributed by atoms with Crippen molar-refractivity contribution in [1.29, 1.82) is 0 Å². The molecule has 0 saturated carbocycles. The highest BCUT2D eigenvalue weighted by atomic mass is 16.5. The number of ether oxygens (including phenoxy) is 2. The number of rotatable bonds is 4. The first-order valence-electron chi connectivity index (χ1n) is 5.21. The molecule has 0 aromatic heterocycles. The van der Waals surface area contributed by atoms with E-state index in [-0.39, 0.29) is 5.97 Å². The molecule has 0 saturated heterocycles. The minimum Gasteiger partial charge on any atom is -0.468 e. The highest BCUT2D eigenvalue weighted by Gasteiger charge is 2.16. The standard InChI is InChI=1S/C12H17NO3/c1-4-15-12(14)10(7-8-13(2)3)11-6-5-9-16-11/h5,7-9H,4,6H2,1-3H3/b8-7+,11-10-. The van der Waals surface area contributed by atoms with Gasteiger partial charge in [0.2, 0.25) is 0 Å². The molecule has 0 fully saturated rings. The molecule has 0 aliphatic carbocycles. The Labute approximate surface area is 95.8 Å². The molecule has 0 aromatic rings. The zero-order chi connectivity index (χ0) is 12.0. The number of esters is 1. The molecule has 0 N–H and O–H groups in total. The minimum atomic E-state index is -0.348. The summed E-state index contributed by atoms with van der Waals surface area (Å²) in [4.78, 5) is 13.5. The summed E-state index contributed by atoms with van der Waals surface area (Å²) in [5, 5.41) is 0. The molecule has 0 spiro atoms. The lowest BCUT2D eigenvalue weighted by Gasteiger charge is -2.08. The highest BCUT2D eigenvalue weighted by molar-refractivity contribution is 5.92. The summed E-state index contributed by atoms with van der Waals surface area (Å²) < 4.78 is 10.2. The maximum absolute atomic E-state index is 11.7. The van der Waals surface area contributed by atoms with E-state index in [1.165, 1.54) is 0 Å². The van der Waals surface area contributed by atoms with Crippen molar-refractivity contribution in [3.63, 3.8) is 0 Å². The maximum atomic E-state index is 11.7. The van der Waals surface area contributed by atoms with Gasteiger partial charge in [-0.25, -0.2) is 4.79 Å². The fourth-order valence-corrected chi connectivity index (χ4v) is 1.21. The first-order chi connectivity index (χ1) is 7.65. The maximum Gasteiger partial charge on any atom is 0.341 e. The molecule has 0 unspecified atom stereocenters. The van der Waals surface area contributed by atoms with Gasteiger partial charge in [0.25, 0.3) is 0 Å². The van der Waals surface area contributed by atoms with E-state index in [1.807, 2.05) is 25.1 Å². The predicted octanol–water partition coefficient (Wildman–Crippen LogP) is 1.81. The molecule has 1 aliphatic heterocycles. The van der Waals surface area contributed by atoms with Crippen molar-refractivity contribution < 1.29 is 14.3 Å². The van der Waals surface area contributed by atoms with Gasteiger partial charge in [-0.3, -0.25) is 0 Å². The predicted molar refractivity (Wildman–Crippen MR) is 61.3 cm³/mol. The smallest absolute Gasteiger partial charge is 0.341 e. The number of carbonyl (C=O) groups excluding carboxylic acids is 1. The van der Waals surface area contributed by atoms with Gasteiger partial charge in [0, 0.05) is 20.5 Å². The molecule has 16 heavy (non-hydrogen) atoms. The van der Waals surface area contributed by atoms with Gasteiger partial charge in [0.1, 0.15) is 5.76 Å². The van der Waals surface area contributed by atoms with Crippen molar-refractivity contribution in [2.24, 2.45) is 0 Å². The Kier molecular flexibility index (Phi) is 4.64. The molecule has 0 bridgehead atoms. The van der Waals surface area contributed by atoms with E-state index in [1.54, 1.807) is 25.5 Å². The van der Waals surface area contributed by atoms with Gasteiger partial charge in [-0.15, -0.1) is 0 Å². The average molecular weight is 223 g/mol. The van der Waals surface area contributed by atoms with Crippen LogP contribution >= 0.6 is 0 Å². The van der Waals surface area contributed by atoms with E-state index in [9.17, 15) is 4.79 Å². The van der Waals surface area contributed by atoms with E-state index < -0.39 is 0 Å². The highest BCUT2D eigenvalue weighted by Crippen LogP contribution is 2.20. The Bertz CT molecular complexity index is 330. The second kappa shape index (κ2) is 6.00. The van der Waals surface area contributed by atoms with Crippen LogP contribution in [0.3, 0.4) is 0 Å². The van der Waals surface area contributed by atoms with Gasteiger partial charge in [-0.1, -0.05) is 0 Å². The number of carbonyl (C=O) groups is 1. The Morgan fingerprint density at radius 3 is 2.88 bits per heavy atom. The van der Waals surface area contributed by atoms with Gasteiger partial charge in [-0.05, 0) is 25.3 Å². The lowest BCUT2D eigenvalue weighted by molar-refractivity contribution is -0.138. The van der Waals surface area contributed by atoms with Crippen molar-refractivity contribution >= 4 is 5.97 Å². The van der Waals surface area contributed by atoms with E-state index in [0.717, 1.165) is 0 Å². The fourth-order valence-electron chi connectivity index (χ4n) is 1.21. The van der Waals surface area contributed by atoms with Gasteiger partial charge >= 0.3 is 5.97 Å². The van der Waals surface area contributed by atoms with Crippen LogP contribution in [0, 0.1) is 0 Å². The van der Waals surface area contributed by atoms with Crippen molar-refractivity contribution in [1.82, 2.24) is 4.90 Å². The summed E-state index contributed by atoms with van der Waals surface area (Å²) in [6, 6.07) is 0. The van der Waals surface area contributed by atoms with Gasteiger partial charge in [0.15, 0.2) is 0 Å². The van der Waals surface area contributed by atoms with Gasteiger partial charge in [-0.2, -0.15) is 0 Å². The molecular weight excluding hydrogens is 206 g/mol. The largest absolute Gasteiger partial charge is 0.468 e. The van der Waals surface area contributed by atoms with Crippen LogP contribution in [0.4, 0.5) is 0 Å². The molecule has 0 atom stereocenters. The van der Waals surface area contributed by atoms with E-state index in [4.69, 9.17) is 9.47 Å². The third-order valence-corrected chi connectivity index (χ3v) is 1.94. The summed E-state index contributed by atoms with van der Waals surface area (Å²) in [7, 11) is 3.77. The summed E-state index contributed by atoms with van der Waals surface area (Å²) in [5.74, 6) is 0.288. The summed E-state index contributed by atoms with van der Waals surface area (Å²) in [6.07, 6.45) is 7.57. The topological polar surface area (TPSA) is 38.8 Å². The first kappa shape index (κ1) is 12.4.